The van der Waals surface area contributed by atoms with Crippen LogP contribution in [0.4, 0.5) is 19.0 Å². The molecule has 2 aromatic rings. The molecular formula is C12H7ClF3N3O. The van der Waals surface area contributed by atoms with E-state index in [-0.39, 0.29) is 17.5 Å². The highest BCUT2D eigenvalue weighted by molar-refractivity contribution is 6.28. The summed E-state index contributed by atoms with van der Waals surface area (Å²) in [6.07, 6.45) is 1.39. The first-order valence-corrected chi connectivity index (χ1v) is 5.98. The van der Waals surface area contributed by atoms with E-state index in [0.29, 0.717) is 11.6 Å². The van der Waals surface area contributed by atoms with Crippen molar-refractivity contribution in [2.24, 2.45) is 0 Å². The first kappa shape index (κ1) is 13.0. The molecule has 0 fully saturated rings. The fourth-order valence-electron chi connectivity index (χ4n) is 1.89. The molecular weight excluding hydrogens is 295 g/mol. The number of nitrogens with zero attached hydrogens (tertiary/aromatic N) is 2. The first-order valence-electron chi connectivity index (χ1n) is 5.61. The van der Waals surface area contributed by atoms with Gasteiger partial charge in [0.1, 0.15) is 6.61 Å². The predicted octanol–water partition coefficient (Wildman–Crippen LogP) is 3.09. The highest BCUT2D eigenvalue weighted by atomic mass is 35.5. The van der Waals surface area contributed by atoms with E-state index in [1.54, 1.807) is 0 Å². The van der Waals surface area contributed by atoms with Crippen molar-refractivity contribution in [1.82, 2.24) is 9.97 Å². The van der Waals surface area contributed by atoms with Gasteiger partial charge in [0.25, 0.3) is 0 Å². The van der Waals surface area contributed by atoms with Crippen molar-refractivity contribution in [3.8, 4) is 5.75 Å². The highest BCUT2D eigenvalue weighted by Gasteiger charge is 2.24. The molecule has 0 saturated carbocycles. The van der Waals surface area contributed by atoms with E-state index >= 15 is 0 Å². The largest absolute Gasteiger partial charge is 0.486 e. The van der Waals surface area contributed by atoms with Gasteiger partial charge in [0.05, 0.1) is 12.2 Å². The van der Waals surface area contributed by atoms with Gasteiger partial charge in [0.2, 0.25) is 5.28 Å². The van der Waals surface area contributed by atoms with E-state index < -0.39 is 23.5 Å². The summed E-state index contributed by atoms with van der Waals surface area (Å²) in [5, 5.41) is 2.92. The molecule has 20 heavy (non-hydrogen) atoms. The van der Waals surface area contributed by atoms with Gasteiger partial charge in [0, 0.05) is 0 Å². The van der Waals surface area contributed by atoms with Crippen LogP contribution < -0.4 is 10.1 Å². The van der Waals surface area contributed by atoms with Gasteiger partial charge in [-0.2, -0.15) is 4.98 Å². The van der Waals surface area contributed by atoms with Gasteiger partial charge in [0.15, 0.2) is 29.0 Å². The summed E-state index contributed by atoms with van der Waals surface area (Å²) >= 11 is 5.65. The minimum atomic E-state index is -1.50. The van der Waals surface area contributed by atoms with Crippen molar-refractivity contribution in [3.63, 3.8) is 0 Å². The van der Waals surface area contributed by atoms with Gasteiger partial charge in [-0.25, -0.2) is 18.2 Å². The molecule has 3 rings (SSSR count). The van der Waals surface area contributed by atoms with Gasteiger partial charge in [-0.3, -0.25) is 0 Å². The molecule has 1 aliphatic heterocycles. The van der Waals surface area contributed by atoms with Crippen molar-refractivity contribution >= 4 is 17.4 Å². The Morgan fingerprint density at radius 3 is 2.65 bits per heavy atom. The highest BCUT2D eigenvalue weighted by Crippen LogP contribution is 2.32. The summed E-state index contributed by atoms with van der Waals surface area (Å²) in [5.41, 5.74) is 0.210. The van der Waals surface area contributed by atoms with Crippen LogP contribution in [0.25, 0.3) is 0 Å². The van der Waals surface area contributed by atoms with Crippen LogP contribution in [0.3, 0.4) is 0 Å². The monoisotopic (exact) mass is 301 g/mol. The number of hydrogen-bond donors (Lipinski definition) is 1. The average Bonchev–Trinajstić information content (AvgIpc) is 2.43. The molecule has 2 heterocycles. The van der Waals surface area contributed by atoms with E-state index in [1.807, 2.05) is 0 Å². The van der Waals surface area contributed by atoms with Crippen LogP contribution in [0, 0.1) is 17.5 Å². The number of nitrogens with one attached hydrogen (secondary N) is 1. The van der Waals surface area contributed by atoms with Crippen LogP contribution in [-0.4, -0.2) is 16.6 Å². The van der Waals surface area contributed by atoms with Crippen LogP contribution in [-0.2, 0) is 0 Å². The van der Waals surface area contributed by atoms with Crippen molar-refractivity contribution in [2.45, 2.75) is 6.04 Å². The molecule has 1 aliphatic rings. The smallest absolute Gasteiger partial charge is 0.224 e. The predicted molar refractivity (Wildman–Crippen MR) is 65.2 cm³/mol. The van der Waals surface area contributed by atoms with Gasteiger partial charge in [-0.05, 0) is 29.3 Å². The molecule has 1 N–H and O–H groups in total. The van der Waals surface area contributed by atoms with E-state index in [4.69, 9.17) is 16.3 Å². The Morgan fingerprint density at radius 2 is 1.95 bits per heavy atom. The number of fused-ring (bicyclic) bond motifs is 1. The summed E-state index contributed by atoms with van der Waals surface area (Å²) in [4.78, 5) is 7.66. The standard InChI is InChI=1S/C12H7ClF3N3O/c13-12-17-3-9-11(19-12)18-8(4-20-9)5-1-6(14)10(16)7(15)2-5/h1-3,8H,4H2,(H,17,18,19). The Hall–Kier alpha value is -2.02. The molecule has 0 spiro atoms. The normalized spacial score (nSPS) is 17.1. The van der Waals surface area contributed by atoms with Crippen LogP contribution in [0.5, 0.6) is 5.75 Å². The van der Waals surface area contributed by atoms with Crippen LogP contribution in [0.2, 0.25) is 5.28 Å². The molecule has 0 bridgehead atoms. The lowest BCUT2D eigenvalue weighted by molar-refractivity contribution is 0.282. The molecule has 1 aromatic heterocycles. The minimum absolute atomic E-state index is 0.0111. The topological polar surface area (TPSA) is 47.0 Å². The Bertz CT molecular complexity index is 660. The number of halogens is 4. The van der Waals surface area contributed by atoms with Gasteiger partial charge < -0.3 is 10.1 Å². The second-order valence-electron chi connectivity index (χ2n) is 4.16. The summed E-state index contributed by atoms with van der Waals surface area (Å²) in [6.45, 7) is 0.0997. The molecule has 1 atom stereocenters. The maximum Gasteiger partial charge on any atom is 0.224 e. The maximum atomic E-state index is 13.2. The van der Waals surface area contributed by atoms with Crippen LogP contribution in [0.1, 0.15) is 11.6 Å². The summed E-state index contributed by atoms with van der Waals surface area (Å²) in [7, 11) is 0. The molecule has 1 aromatic carbocycles. The van der Waals surface area contributed by atoms with E-state index in [9.17, 15) is 13.2 Å². The first-order chi connectivity index (χ1) is 9.54. The average molecular weight is 302 g/mol. The molecule has 1 unspecified atom stereocenters. The van der Waals surface area contributed by atoms with Gasteiger partial charge in [-0.15, -0.1) is 0 Å². The number of anilines is 1. The minimum Gasteiger partial charge on any atom is -0.486 e. The van der Waals surface area contributed by atoms with Crippen molar-refractivity contribution < 1.29 is 17.9 Å². The third kappa shape index (κ3) is 2.24. The Morgan fingerprint density at radius 1 is 1.25 bits per heavy atom. The third-order valence-corrected chi connectivity index (χ3v) is 3.03. The zero-order chi connectivity index (χ0) is 14.3. The Kier molecular flexibility index (Phi) is 3.13. The maximum absolute atomic E-state index is 13.2. The van der Waals surface area contributed by atoms with Gasteiger partial charge in [-0.1, -0.05) is 0 Å². The molecule has 0 radical (unpaired) electrons. The fourth-order valence-corrected chi connectivity index (χ4v) is 2.03. The number of benzene rings is 1. The molecule has 0 saturated heterocycles. The molecule has 4 nitrogen and oxygen atoms in total. The summed E-state index contributed by atoms with van der Waals surface area (Å²) < 4.78 is 44.8. The number of rotatable bonds is 1. The molecule has 104 valence electrons. The van der Waals surface area contributed by atoms with E-state index in [2.05, 4.69) is 15.3 Å². The molecule has 0 amide bonds. The molecule has 0 aliphatic carbocycles. The fraction of sp³-hybridized carbons (Fsp3) is 0.167. The van der Waals surface area contributed by atoms with Crippen LogP contribution >= 0.6 is 11.6 Å². The van der Waals surface area contributed by atoms with Crippen molar-refractivity contribution in [1.29, 1.82) is 0 Å². The van der Waals surface area contributed by atoms with E-state index in [0.717, 1.165) is 12.1 Å². The SMILES string of the molecule is Fc1cc(C2COc3cnc(Cl)nc3N2)cc(F)c1F. The third-order valence-electron chi connectivity index (χ3n) is 2.85. The Labute approximate surface area is 116 Å². The quantitative estimate of drug-likeness (QED) is 0.649. The van der Waals surface area contributed by atoms with Crippen LogP contribution in [0.15, 0.2) is 18.3 Å². The van der Waals surface area contributed by atoms with E-state index in [1.165, 1.54) is 6.20 Å². The van der Waals surface area contributed by atoms with Crippen molar-refractivity contribution in [2.75, 3.05) is 11.9 Å². The zero-order valence-electron chi connectivity index (χ0n) is 9.83. The molecule has 8 heteroatoms. The lowest BCUT2D eigenvalue weighted by Crippen LogP contribution is -2.25. The van der Waals surface area contributed by atoms with Gasteiger partial charge >= 0.3 is 0 Å². The Balaban J connectivity index is 1.94. The zero-order valence-corrected chi connectivity index (χ0v) is 10.6. The second-order valence-corrected chi connectivity index (χ2v) is 4.50. The lowest BCUT2D eigenvalue weighted by atomic mass is 10.1. The number of ether oxygens (including phenoxy) is 1. The number of hydrogen-bond acceptors (Lipinski definition) is 4. The summed E-state index contributed by atoms with van der Waals surface area (Å²) in [6, 6.07) is 1.25. The number of aromatic nitrogens is 2. The van der Waals surface area contributed by atoms with Crippen molar-refractivity contribution in [3.05, 3.63) is 46.6 Å². The lowest BCUT2D eigenvalue weighted by Gasteiger charge is -2.26. The second kappa shape index (κ2) is 4.82. The summed E-state index contributed by atoms with van der Waals surface area (Å²) in [5.74, 6) is -3.32.